The highest BCUT2D eigenvalue weighted by molar-refractivity contribution is 6.19. The Morgan fingerprint density at radius 2 is 0.877 bits per heavy atom. The Labute approximate surface area is 326 Å². The van der Waals surface area contributed by atoms with Gasteiger partial charge in [-0.25, -0.2) is 4.98 Å². The zero-order chi connectivity index (χ0) is 37.5. The smallest absolute Gasteiger partial charge is 0.238 e. The van der Waals surface area contributed by atoms with Gasteiger partial charge in [-0.05, 0) is 65.7 Å². The number of hydrogen-bond donors (Lipinski definition) is 0. The fraction of sp³-hybridized carbons (Fsp3) is 0. The van der Waals surface area contributed by atoms with Gasteiger partial charge in [0.15, 0.2) is 11.6 Å². The van der Waals surface area contributed by atoms with Crippen LogP contribution in [0.1, 0.15) is 0 Å². The fourth-order valence-electron chi connectivity index (χ4n) is 8.64. The Morgan fingerprint density at radius 1 is 0.351 bits per heavy atom. The van der Waals surface area contributed by atoms with Crippen molar-refractivity contribution in [3.05, 3.63) is 188 Å². The first kappa shape index (κ1) is 31.5. The Hall–Kier alpha value is -7.83. The van der Waals surface area contributed by atoms with Crippen LogP contribution in [0.15, 0.2) is 192 Å². The van der Waals surface area contributed by atoms with E-state index < -0.39 is 0 Å². The first-order valence-corrected chi connectivity index (χ1v) is 19.1. The molecule has 0 spiro atoms. The molecule has 0 aliphatic rings. The van der Waals surface area contributed by atoms with Crippen LogP contribution in [0.2, 0.25) is 0 Å². The average Bonchev–Trinajstić information content (AvgIpc) is 3.93. The number of aromatic nitrogens is 5. The molecule has 6 nitrogen and oxygen atoms in total. The summed E-state index contributed by atoms with van der Waals surface area (Å²) in [6.45, 7) is 0. The Bertz CT molecular complexity index is 3510. The molecule has 0 saturated heterocycles. The summed E-state index contributed by atoms with van der Waals surface area (Å²) in [6.07, 6.45) is 0. The van der Waals surface area contributed by atoms with Gasteiger partial charge in [-0.15, -0.1) is 0 Å². The van der Waals surface area contributed by atoms with Crippen LogP contribution < -0.4 is 0 Å². The topological polar surface area (TPSA) is 61.7 Å². The number of para-hydroxylation sites is 4. The zero-order valence-electron chi connectivity index (χ0n) is 30.5. The van der Waals surface area contributed by atoms with Crippen molar-refractivity contribution in [2.45, 2.75) is 0 Å². The Balaban J connectivity index is 1.16. The van der Waals surface area contributed by atoms with E-state index in [4.69, 9.17) is 19.4 Å². The lowest BCUT2D eigenvalue weighted by molar-refractivity contribution is 0.669. The molecule has 0 N–H and O–H groups in total. The molecule has 0 fully saturated rings. The largest absolute Gasteiger partial charge is 0.456 e. The van der Waals surface area contributed by atoms with Crippen LogP contribution in [0.4, 0.5) is 0 Å². The van der Waals surface area contributed by atoms with Gasteiger partial charge < -0.3 is 8.98 Å². The minimum Gasteiger partial charge on any atom is -0.456 e. The lowest BCUT2D eigenvalue weighted by Gasteiger charge is -2.12. The summed E-state index contributed by atoms with van der Waals surface area (Å²) in [4.78, 5) is 15.8. The number of hydrogen-bond acceptors (Lipinski definition) is 4. The van der Waals surface area contributed by atoms with Gasteiger partial charge in [-0.2, -0.15) is 9.97 Å². The monoisotopic (exact) mass is 729 g/mol. The van der Waals surface area contributed by atoms with Crippen LogP contribution in [0, 0.1) is 0 Å². The summed E-state index contributed by atoms with van der Waals surface area (Å²) in [5.41, 5.74) is 11.0. The molecule has 12 rings (SSSR count). The predicted octanol–water partition coefficient (Wildman–Crippen LogP) is 13.0. The van der Waals surface area contributed by atoms with Gasteiger partial charge >= 0.3 is 0 Å². The second kappa shape index (κ2) is 12.3. The van der Waals surface area contributed by atoms with Crippen LogP contribution in [-0.2, 0) is 0 Å². The lowest BCUT2D eigenvalue weighted by atomic mass is 9.97. The van der Waals surface area contributed by atoms with Gasteiger partial charge in [0.2, 0.25) is 5.95 Å². The van der Waals surface area contributed by atoms with E-state index in [2.05, 4.69) is 161 Å². The van der Waals surface area contributed by atoms with E-state index >= 15 is 0 Å². The van der Waals surface area contributed by atoms with Crippen molar-refractivity contribution in [2.75, 3.05) is 0 Å². The second-order valence-corrected chi connectivity index (χ2v) is 14.4. The van der Waals surface area contributed by atoms with Crippen LogP contribution in [0.5, 0.6) is 0 Å². The molecule has 4 heterocycles. The van der Waals surface area contributed by atoms with E-state index in [1.165, 1.54) is 5.39 Å². The molecule has 12 aromatic rings. The molecule has 4 aromatic heterocycles. The molecule has 0 aliphatic heterocycles. The van der Waals surface area contributed by atoms with Crippen LogP contribution in [0.3, 0.4) is 0 Å². The highest BCUT2D eigenvalue weighted by Gasteiger charge is 2.22. The Morgan fingerprint density at radius 3 is 1.56 bits per heavy atom. The molecule has 0 saturated carbocycles. The number of fused-ring (bicyclic) bond motifs is 9. The molecule has 57 heavy (non-hydrogen) atoms. The van der Waals surface area contributed by atoms with E-state index in [1.807, 2.05) is 36.4 Å². The molecule has 0 unspecified atom stereocenters. The molecule has 0 amide bonds. The van der Waals surface area contributed by atoms with Gasteiger partial charge in [-0.1, -0.05) is 133 Å². The molecule has 0 aliphatic carbocycles. The number of nitrogens with zero attached hydrogens (tertiary/aromatic N) is 5. The average molecular weight is 730 g/mol. The summed E-state index contributed by atoms with van der Waals surface area (Å²) in [5.74, 6) is 1.70. The maximum atomic E-state index is 6.54. The van der Waals surface area contributed by atoms with Crippen LogP contribution in [0.25, 0.3) is 111 Å². The van der Waals surface area contributed by atoms with Gasteiger partial charge in [0.25, 0.3) is 0 Å². The fourth-order valence-corrected chi connectivity index (χ4v) is 8.64. The maximum absolute atomic E-state index is 6.54. The quantitative estimate of drug-likeness (QED) is 0.177. The molecule has 0 bridgehead atoms. The van der Waals surface area contributed by atoms with E-state index in [0.29, 0.717) is 17.6 Å². The molecule has 8 aromatic carbocycles. The number of benzene rings is 8. The molecular weight excluding hydrogens is 699 g/mol. The third-order valence-corrected chi connectivity index (χ3v) is 11.2. The van der Waals surface area contributed by atoms with Crippen molar-refractivity contribution in [1.82, 2.24) is 24.1 Å². The highest BCUT2D eigenvalue weighted by Crippen LogP contribution is 2.42. The van der Waals surface area contributed by atoms with E-state index in [1.54, 1.807) is 0 Å². The van der Waals surface area contributed by atoms with E-state index in [-0.39, 0.29) is 0 Å². The van der Waals surface area contributed by atoms with Gasteiger partial charge in [0, 0.05) is 49.1 Å². The highest BCUT2D eigenvalue weighted by atomic mass is 16.3. The molecule has 0 radical (unpaired) electrons. The zero-order valence-corrected chi connectivity index (χ0v) is 30.5. The van der Waals surface area contributed by atoms with Crippen molar-refractivity contribution in [3.8, 4) is 45.5 Å². The summed E-state index contributed by atoms with van der Waals surface area (Å²) >= 11 is 0. The lowest BCUT2D eigenvalue weighted by Crippen LogP contribution is -2.06. The summed E-state index contributed by atoms with van der Waals surface area (Å²) < 4.78 is 11.1. The van der Waals surface area contributed by atoms with Crippen molar-refractivity contribution >= 4 is 65.6 Å². The van der Waals surface area contributed by atoms with Gasteiger partial charge in [0.05, 0.1) is 22.1 Å². The number of rotatable bonds is 5. The summed E-state index contributed by atoms with van der Waals surface area (Å²) in [6, 6.07) is 65.5. The van der Waals surface area contributed by atoms with E-state index in [0.717, 1.165) is 88.1 Å². The molecule has 0 atom stereocenters. The molecule has 6 heteroatoms. The van der Waals surface area contributed by atoms with Crippen molar-refractivity contribution < 1.29 is 4.42 Å². The SMILES string of the molecule is c1ccc(-c2nc(-c3cc(-c4ccccc4)c4c(c3)oc3ccccc34)nc(-n3c4ccccc4c4cc5c(cc43)c3ccccc3n5-c3ccccc3)n2)cc1. The van der Waals surface area contributed by atoms with Crippen molar-refractivity contribution in [2.24, 2.45) is 0 Å². The van der Waals surface area contributed by atoms with Crippen LogP contribution >= 0.6 is 0 Å². The Kier molecular flexibility index (Phi) is 6.83. The summed E-state index contributed by atoms with van der Waals surface area (Å²) in [5, 5.41) is 6.73. The number of furan rings is 1. The predicted molar refractivity (Wildman–Crippen MR) is 232 cm³/mol. The van der Waals surface area contributed by atoms with Crippen LogP contribution in [-0.4, -0.2) is 24.1 Å². The third-order valence-electron chi connectivity index (χ3n) is 11.2. The van der Waals surface area contributed by atoms with Gasteiger partial charge in [0.1, 0.15) is 11.2 Å². The second-order valence-electron chi connectivity index (χ2n) is 14.4. The van der Waals surface area contributed by atoms with Crippen molar-refractivity contribution in [3.63, 3.8) is 0 Å². The normalized spacial score (nSPS) is 11.9. The maximum Gasteiger partial charge on any atom is 0.238 e. The third kappa shape index (κ3) is 4.87. The van der Waals surface area contributed by atoms with E-state index in [9.17, 15) is 0 Å². The first-order chi connectivity index (χ1) is 28.3. The van der Waals surface area contributed by atoms with Gasteiger partial charge in [-0.3, -0.25) is 4.57 Å². The molecular formula is C51H31N5O. The minimum atomic E-state index is 0.544. The first-order valence-electron chi connectivity index (χ1n) is 19.1. The standard InChI is InChI=1S/C51H31N5O/c1-4-16-32(17-5-1)39-28-34(29-47-48(39)38-24-12-15-27-46(38)57-47)50-52-49(33-18-6-2-7-19-33)53-51(54-50)56-43-26-14-11-23-37(43)41-30-44-40(31-45(41)56)36-22-10-13-25-42(36)55(44)35-20-8-3-9-21-35/h1-31H. The van der Waals surface area contributed by atoms with Crippen molar-refractivity contribution in [1.29, 1.82) is 0 Å². The molecule has 266 valence electrons. The summed E-state index contributed by atoms with van der Waals surface area (Å²) in [7, 11) is 0. The minimum absolute atomic E-state index is 0.544.